The molecular formula is C12H13FO5. The van der Waals surface area contributed by atoms with Crippen LogP contribution in [0.1, 0.15) is 22.8 Å². The molecule has 0 heterocycles. The highest BCUT2D eigenvalue weighted by molar-refractivity contribution is 6.40. The summed E-state index contributed by atoms with van der Waals surface area (Å²) in [5.41, 5.74) is -0.201. The second-order valence-electron chi connectivity index (χ2n) is 3.49. The molecule has 98 valence electrons. The normalized spacial score (nSPS) is 10.0. The highest BCUT2D eigenvalue weighted by Crippen LogP contribution is 2.34. The van der Waals surface area contributed by atoms with Crippen LogP contribution in [0.5, 0.6) is 11.5 Å². The van der Waals surface area contributed by atoms with Crippen molar-refractivity contribution in [2.24, 2.45) is 0 Å². The Morgan fingerprint density at radius 1 is 1.44 bits per heavy atom. The number of carbonyl (C=O) groups excluding carboxylic acids is 2. The molecule has 0 bridgehead atoms. The lowest BCUT2D eigenvalue weighted by atomic mass is 10.1. The molecule has 0 aliphatic rings. The van der Waals surface area contributed by atoms with Crippen molar-refractivity contribution in [1.82, 2.24) is 0 Å². The lowest BCUT2D eigenvalue weighted by Gasteiger charge is -2.10. The van der Waals surface area contributed by atoms with Crippen LogP contribution in [-0.2, 0) is 9.53 Å². The van der Waals surface area contributed by atoms with E-state index in [-0.39, 0.29) is 12.4 Å². The zero-order valence-electron chi connectivity index (χ0n) is 10.2. The maximum Gasteiger partial charge on any atom is 0.379 e. The molecule has 0 unspecified atom stereocenters. The third-order valence-corrected chi connectivity index (χ3v) is 2.29. The van der Waals surface area contributed by atoms with E-state index >= 15 is 0 Å². The Bertz CT molecular complexity index is 496. The van der Waals surface area contributed by atoms with Gasteiger partial charge in [0.15, 0.2) is 17.3 Å². The zero-order valence-corrected chi connectivity index (χ0v) is 10.2. The molecule has 0 saturated heterocycles. The molecule has 0 spiro atoms. The van der Waals surface area contributed by atoms with Gasteiger partial charge in [0.25, 0.3) is 5.78 Å². The fourth-order valence-electron chi connectivity index (χ4n) is 1.49. The predicted octanol–water partition coefficient (Wildman–Crippen LogP) is 1.59. The Morgan fingerprint density at radius 3 is 2.56 bits per heavy atom. The smallest absolute Gasteiger partial charge is 0.379 e. The number of esters is 1. The summed E-state index contributed by atoms with van der Waals surface area (Å²) in [6.07, 6.45) is 0. The number of ketones is 1. The maximum absolute atomic E-state index is 13.7. The molecule has 1 aromatic carbocycles. The van der Waals surface area contributed by atoms with Crippen LogP contribution in [0.15, 0.2) is 6.07 Å². The third-order valence-electron chi connectivity index (χ3n) is 2.29. The number of phenols is 1. The summed E-state index contributed by atoms with van der Waals surface area (Å²) >= 11 is 0. The Kier molecular flexibility index (Phi) is 4.25. The molecule has 0 aliphatic carbocycles. The number of ether oxygens (including phenoxy) is 2. The summed E-state index contributed by atoms with van der Waals surface area (Å²) in [7, 11) is 1.26. The average molecular weight is 256 g/mol. The SMILES string of the molecule is CCOC(=O)C(=O)c1cc(C)c(OC)c(O)c1F. The van der Waals surface area contributed by atoms with Crippen molar-refractivity contribution in [3.63, 3.8) is 0 Å². The molecule has 0 amide bonds. The van der Waals surface area contributed by atoms with Gasteiger partial charge in [-0.15, -0.1) is 0 Å². The van der Waals surface area contributed by atoms with Crippen molar-refractivity contribution < 1.29 is 28.6 Å². The summed E-state index contributed by atoms with van der Waals surface area (Å²) in [6.45, 7) is 3.05. The number of methoxy groups -OCH3 is 1. The van der Waals surface area contributed by atoms with Crippen LogP contribution in [0.2, 0.25) is 0 Å². The van der Waals surface area contributed by atoms with Crippen molar-refractivity contribution in [2.45, 2.75) is 13.8 Å². The van der Waals surface area contributed by atoms with Crippen LogP contribution in [0.4, 0.5) is 4.39 Å². The molecule has 0 fully saturated rings. The van der Waals surface area contributed by atoms with E-state index in [1.165, 1.54) is 21.0 Å². The maximum atomic E-state index is 13.7. The van der Waals surface area contributed by atoms with Crippen LogP contribution in [0.25, 0.3) is 0 Å². The van der Waals surface area contributed by atoms with Gasteiger partial charge < -0.3 is 14.6 Å². The van der Waals surface area contributed by atoms with Crippen molar-refractivity contribution in [1.29, 1.82) is 0 Å². The summed E-state index contributed by atoms with van der Waals surface area (Å²) in [4.78, 5) is 22.8. The standard InChI is InChI=1S/C12H13FO5/c1-4-18-12(16)9(14)7-5-6(2)11(17-3)10(15)8(7)13/h5,15H,4H2,1-3H3. The van der Waals surface area contributed by atoms with E-state index in [1.54, 1.807) is 0 Å². The monoisotopic (exact) mass is 256 g/mol. The van der Waals surface area contributed by atoms with Crippen molar-refractivity contribution in [3.05, 3.63) is 23.0 Å². The summed E-state index contributed by atoms with van der Waals surface area (Å²) in [5.74, 6) is -4.38. The van der Waals surface area contributed by atoms with Gasteiger partial charge in [-0.3, -0.25) is 4.79 Å². The molecule has 1 rings (SSSR count). The van der Waals surface area contributed by atoms with Crippen LogP contribution in [0.3, 0.4) is 0 Å². The number of aromatic hydroxyl groups is 1. The molecule has 18 heavy (non-hydrogen) atoms. The summed E-state index contributed by atoms with van der Waals surface area (Å²) in [5, 5.41) is 9.52. The van der Waals surface area contributed by atoms with E-state index in [1.807, 2.05) is 0 Å². The Hall–Kier alpha value is -2.11. The number of hydrogen-bond acceptors (Lipinski definition) is 5. The van der Waals surface area contributed by atoms with Crippen molar-refractivity contribution in [2.75, 3.05) is 13.7 Å². The average Bonchev–Trinajstić information content (AvgIpc) is 2.34. The van der Waals surface area contributed by atoms with Gasteiger partial charge in [0.1, 0.15) is 0 Å². The first-order chi connectivity index (χ1) is 8.43. The number of carbonyl (C=O) groups is 2. The molecule has 1 aromatic rings. The van der Waals surface area contributed by atoms with Gasteiger partial charge in [0.05, 0.1) is 19.3 Å². The number of hydrogen-bond donors (Lipinski definition) is 1. The van der Waals surface area contributed by atoms with E-state index in [4.69, 9.17) is 4.74 Å². The largest absolute Gasteiger partial charge is 0.502 e. The first kappa shape index (κ1) is 14.0. The van der Waals surface area contributed by atoms with Gasteiger partial charge >= 0.3 is 5.97 Å². The lowest BCUT2D eigenvalue weighted by molar-refractivity contribution is -0.137. The van der Waals surface area contributed by atoms with E-state index in [0.29, 0.717) is 5.56 Å². The van der Waals surface area contributed by atoms with Gasteiger partial charge in [-0.05, 0) is 25.5 Å². The first-order valence-electron chi connectivity index (χ1n) is 5.21. The Balaban J connectivity index is 3.27. The van der Waals surface area contributed by atoms with Crippen LogP contribution in [-0.4, -0.2) is 30.6 Å². The number of Topliss-reactive ketones (excluding diaryl/α,β-unsaturated/α-hetero) is 1. The summed E-state index contributed by atoms with van der Waals surface area (Å²) in [6, 6.07) is 1.13. The molecule has 0 aliphatic heterocycles. The first-order valence-corrected chi connectivity index (χ1v) is 5.21. The number of phenolic OH excluding ortho intramolecular Hbond substituents is 1. The highest BCUT2D eigenvalue weighted by atomic mass is 19.1. The fraction of sp³-hybridized carbons (Fsp3) is 0.333. The highest BCUT2D eigenvalue weighted by Gasteiger charge is 2.26. The van der Waals surface area contributed by atoms with E-state index in [9.17, 15) is 19.1 Å². The van der Waals surface area contributed by atoms with E-state index in [0.717, 1.165) is 6.07 Å². The van der Waals surface area contributed by atoms with Gasteiger partial charge in [-0.2, -0.15) is 0 Å². The van der Waals surface area contributed by atoms with Crippen molar-refractivity contribution >= 4 is 11.8 Å². The Morgan fingerprint density at radius 2 is 2.06 bits per heavy atom. The van der Waals surface area contributed by atoms with E-state index in [2.05, 4.69) is 4.74 Å². The van der Waals surface area contributed by atoms with Crippen molar-refractivity contribution in [3.8, 4) is 11.5 Å². The fourth-order valence-corrected chi connectivity index (χ4v) is 1.49. The van der Waals surface area contributed by atoms with Gasteiger partial charge in [0, 0.05) is 0 Å². The molecule has 0 aromatic heterocycles. The van der Waals surface area contributed by atoms with Crippen LogP contribution in [0, 0.1) is 12.7 Å². The zero-order chi connectivity index (χ0) is 13.9. The molecule has 0 atom stereocenters. The minimum atomic E-state index is -1.20. The Labute approximate surface area is 103 Å². The minimum absolute atomic E-state index is 0.00725. The number of benzene rings is 1. The molecule has 0 saturated carbocycles. The molecule has 5 nitrogen and oxygen atoms in total. The number of rotatable bonds is 4. The van der Waals surface area contributed by atoms with Crippen LogP contribution >= 0.6 is 0 Å². The van der Waals surface area contributed by atoms with Gasteiger partial charge in [-0.25, -0.2) is 9.18 Å². The lowest BCUT2D eigenvalue weighted by Crippen LogP contribution is -2.19. The molecule has 6 heteroatoms. The summed E-state index contributed by atoms with van der Waals surface area (Å²) < 4.78 is 23.0. The van der Waals surface area contributed by atoms with Gasteiger partial charge in [-0.1, -0.05) is 0 Å². The van der Waals surface area contributed by atoms with Crippen LogP contribution < -0.4 is 4.74 Å². The molecular weight excluding hydrogens is 243 g/mol. The molecule has 1 N–H and O–H groups in total. The second-order valence-corrected chi connectivity index (χ2v) is 3.49. The number of aryl methyl sites for hydroxylation is 1. The quantitative estimate of drug-likeness (QED) is 0.503. The van der Waals surface area contributed by atoms with E-state index < -0.39 is 28.9 Å². The second kappa shape index (κ2) is 5.48. The predicted molar refractivity (Wildman–Crippen MR) is 60.3 cm³/mol. The third kappa shape index (κ3) is 2.42. The number of halogens is 1. The van der Waals surface area contributed by atoms with Gasteiger partial charge in [0.2, 0.25) is 0 Å². The minimum Gasteiger partial charge on any atom is -0.502 e. The topological polar surface area (TPSA) is 72.8 Å². The molecule has 0 radical (unpaired) electrons.